The van der Waals surface area contributed by atoms with Crippen LogP contribution in [0.2, 0.25) is 0 Å². The highest BCUT2D eigenvalue weighted by molar-refractivity contribution is 7.92. The van der Waals surface area contributed by atoms with E-state index in [1.165, 1.54) is 12.1 Å². The van der Waals surface area contributed by atoms with Crippen molar-refractivity contribution >= 4 is 15.8 Å². The molecule has 0 radical (unpaired) electrons. The van der Waals surface area contributed by atoms with E-state index in [9.17, 15) is 17.6 Å². The number of rotatable bonds is 2. The number of carbonyl (C=O) groups excluding carboxylic acids is 1. The Bertz CT molecular complexity index is 523. The molecule has 1 atom stereocenters. The second kappa shape index (κ2) is 3.86. The lowest BCUT2D eigenvalue weighted by molar-refractivity contribution is -0.137. The van der Waals surface area contributed by atoms with Crippen LogP contribution < -0.4 is 0 Å². The van der Waals surface area contributed by atoms with Crippen LogP contribution in [0, 0.1) is 5.82 Å². The number of hydrogen-bond acceptors (Lipinski definition) is 4. The molecule has 1 aromatic rings. The second-order valence-electron chi connectivity index (χ2n) is 3.45. The van der Waals surface area contributed by atoms with Crippen LogP contribution in [0.4, 0.5) is 4.39 Å². The molecule has 1 heterocycles. The minimum Gasteiger partial charge on any atom is -0.465 e. The Balaban J connectivity index is 2.43. The summed E-state index contributed by atoms with van der Waals surface area (Å²) < 4.78 is 41.4. The average molecular weight is 244 g/mol. The Morgan fingerprint density at radius 1 is 1.38 bits per heavy atom. The topological polar surface area (TPSA) is 60.4 Å². The number of ether oxygens (including phenoxy) is 1. The van der Waals surface area contributed by atoms with Gasteiger partial charge in [-0.1, -0.05) is 6.07 Å². The minimum atomic E-state index is -3.82. The second-order valence-corrected chi connectivity index (χ2v) is 5.58. The van der Waals surface area contributed by atoms with Gasteiger partial charge in [0.05, 0.1) is 11.5 Å². The molecule has 0 N–H and O–H groups in total. The predicted octanol–water partition coefficient (Wildman–Crippen LogP) is 0.915. The van der Waals surface area contributed by atoms with Crippen LogP contribution >= 0.6 is 0 Å². The number of hydrogen-bond donors (Lipinski definition) is 0. The maximum absolute atomic E-state index is 12.9. The molecule has 0 amide bonds. The van der Waals surface area contributed by atoms with E-state index in [0.717, 1.165) is 12.1 Å². The van der Waals surface area contributed by atoms with Crippen LogP contribution in [-0.4, -0.2) is 26.2 Å². The van der Waals surface area contributed by atoms with Crippen molar-refractivity contribution in [3.05, 3.63) is 30.1 Å². The fourth-order valence-corrected chi connectivity index (χ4v) is 3.17. The Morgan fingerprint density at radius 2 is 2.12 bits per heavy atom. The summed E-state index contributed by atoms with van der Waals surface area (Å²) >= 11 is 0. The maximum atomic E-state index is 12.9. The average Bonchev–Trinajstić information content (AvgIpc) is 2.65. The van der Waals surface area contributed by atoms with Gasteiger partial charge in [0.1, 0.15) is 5.82 Å². The first kappa shape index (κ1) is 11.1. The van der Waals surface area contributed by atoms with Gasteiger partial charge in [-0.25, -0.2) is 12.8 Å². The molecule has 1 aliphatic heterocycles. The molecule has 4 nitrogen and oxygen atoms in total. The highest BCUT2D eigenvalue weighted by Gasteiger charge is 2.39. The molecule has 16 heavy (non-hydrogen) atoms. The van der Waals surface area contributed by atoms with Crippen molar-refractivity contribution in [1.29, 1.82) is 0 Å². The summed E-state index contributed by atoms with van der Waals surface area (Å²) in [7, 11) is -3.82. The van der Waals surface area contributed by atoms with Crippen molar-refractivity contribution < 1.29 is 22.3 Å². The summed E-state index contributed by atoms with van der Waals surface area (Å²) in [6.07, 6.45) is 0.123. The third-order valence-corrected chi connectivity index (χ3v) is 4.47. The summed E-state index contributed by atoms with van der Waals surface area (Å²) in [6, 6.07) is 4.61. The van der Waals surface area contributed by atoms with E-state index in [4.69, 9.17) is 0 Å². The minimum absolute atomic E-state index is 0.0953. The van der Waals surface area contributed by atoms with Gasteiger partial charge >= 0.3 is 5.97 Å². The van der Waals surface area contributed by atoms with E-state index in [-0.39, 0.29) is 17.9 Å². The smallest absolute Gasteiger partial charge is 0.324 e. The SMILES string of the molecule is O=C1OCCC1S(=O)(=O)c1cccc(F)c1. The summed E-state index contributed by atoms with van der Waals surface area (Å²) in [5.74, 6) is -1.41. The van der Waals surface area contributed by atoms with Crippen molar-refractivity contribution in [2.75, 3.05) is 6.61 Å². The molecule has 0 bridgehead atoms. The standard InChI is InChI=1S/C10H9FO4S/c11-7-2-1-3-8(6-7)16(13,14)9-4-5-15-10(9)12/h1-3,6,9H,4-5H2. The Morgan fingerprint density at radius 3 is 2.69 bits per heavy atom. The zero-order chi connectivity index (χ0) is 11.8. The van der Waals surface area contributed by atoms with Crippen LogP contribution in [-0.2, 0) is 19.4 Å². The first-order valence-electron chi connectivity index (χ1n) is 4.68. The molecule has 1 aliphatic rings. The Labute approximate surface area is 92.0 Å². The molecule has 0 aromatic heterocycles. The van der Waals surface area contributed by atoms with Crippen molar-refractivity contribution in [1.82, 2.24) is 0 Å². The lowest BCUT2D eigenvalue weighted by Crippen LogP contribution is -2.26. The maximum Gasteiger partial charge on any atom is 0.324 e. The van der Waals surface area contributed by atoms with Crippen LogP contribution in [0.25, 0.3) is 0 Å². The van der Waals surface area contributed by atoms with Gasteiger partial charge in [0.15, 0.2) is 15.1 Å². The first-order valence-corrected chi connectivity index (χ1v) is 6.22. The lowest BCUT2D eigenvalue weighted by atomic mass is 10.3. The molecule has 86 valence electrons. The Kier molecular flexibility index (Phi) is 2.67. The molecule has 0 saturated carbocycles. The highest BCUT2D eigenvalue weighted by Crippen LogP contribution is 2.23. The van der Waals surface area contributed by atoms with Crippen molar-refractivity contribution in [2.24, 2.45) is 0 Å². The van der Waals surface area contributed by atoms with E-state index < -0.39 is 26.9 Å². The van der Waals surface area contributed by atoms with E-state index >= 15 is 0 Å². The summed E-state index contributed by atoms with van der Waals surface area (Å²) in [6.45, 7) is 0.0953. The number of sulfone groups is 1. The molecule has 1 unspecified atom stereocenters. The van der Waals surface area contributed by atoms with E-state index in [1.807, 2.05) is 0 Å². The molecule has 1 saturated heterocycles. The quantitative estimate of drug-likeness (QED) is 0.726. The van der Waals surface area contributed by atoms with Crippen LogP contribution in [0.1, 0.15) is 6.42 Å². The molecule has 1 fully saturated rings. The molecule has 6 heteroatoms. The van der Waals surface area contributed by atoms with Crippen LogP contribution in [0.3, 0.4) is 0 Å². The highest BCUT2D eigenvalue weighted by atomic mass is 32.2. The fraction of sp³-hybridized carbons (Fsp3) is 0.300. The third kappa shape index (κ3) is 1.80. The number of halogens is 1. The molecular formula is C10H9FO4S. The third-order valence-electron chi connectivity index (χ3n) is 2.39. The van der Waals surface area contributed by atoms with Crippen molar-refractivity contribution in [2.45, 2.75) is 16.6 Å². The molecule has 0 aliphatic carbocycles. The van der Waals surface area contributed by atoms with Crippen LogP contribution in [0.5, 0.6) is 0 Å². The predicted molar refractivity (Wildman–Crippen MR) is 52.9 cm³/mol. The molecule has 0 spiro atoms. The summed E-state index contributed by atoms with van der Waals surface area (Å²) in [5, 5.41) is -1.20. The van der Waals surface area contributed by atoms with Gasteiger partial charge in [-0.3, -0.25) is 4.79 Å². The van der Waals surface area contributed by atoms with E-state index in [0.29, 0.717) is 0 Å². The normalized spacial score (nSPS) is 20.8. The zero-order valence-corrected chi connectivity index (χ0v) is 9.04. The monoisotopic (exact) mass is 244 g/mol. The molecule has 1 aromatic carbocycles. The Hall–Kier alpha value is -1.43. The van der Waals surface area contributed by atoms with Gasteiger partial charge in [0, 0.05) is 6.42 Å². The number of cyclic esters (lactones) is 1. The van der Waals surface area contributed by atoms with Gasteiger partial charge in [0.2, 0.25) is 0 Å². The van der Waals surface area contributed by atoms with Crippen molar-refractivity contribution in [3.8, 4) is 0 Å². The zero-order valence-electron chi connectivity index (χ0n) is 8.22. The van der Waals surface area contributed by atoms with E-state index in [2.05, 4.69) is 4.74 Å². The van der Waals surface area contributed by atoms with Gasteiger partial charge in [-0.15, -0.1) is 0 Å². The number of esters is 1. The van der Waals surface area contributed by atoms with Gasteiger partial charge in [0.25, 0.3) is 0 Å². The number of benzene rings is 1. The van der Waals surface area contributed by atoms with E-state index in [1.54, 1.807) is 0 Å². The van der Waals surface area contributed by atoms with Gasteiger partial charge in [-0.2, -0.15) is 0 Å². The van der Waals surface area contributed by atoms with Crippen molar-refractivity contribution in [3.63, 3.8) is 0 Å². The molecule has 2 rings (SSSR count). The lowest BCUT2D eigenvalue weighted by Gasteiger charge is -2.07. The van der Waals surface area contributed by atoms with Crippen LogP contribution in [0.15, 0.2) is 29.2 Å². The van der Waals surface area contributed by atoms with Gasteiger partial charge in [-0.05, 0) is 18.2 Å². The molecular weight excluding hydrogens is 235 g/mol. The fourth-order valence-electron chi connectivity index (χ4n) is 1.57. The van der Waals surface area contributed by atoms with Gasteiger partial charge < -0.3 is 4.74 Å². The first-order chi connectivity index (χ1) is 7.51. The summed E-state index contributed by atoms with van der Waals surface area (Å²) in [4.78, 5) is 11.0. The summed E-state index contributed by atoms with van der Waals surface area (Å²) in [5.41, 5.74) is 0. The number of carbonyl (C=O) groups is 1. The largest absolute Gasteiger partial charge is 0.465 e.